The number of carbonyl (C=O) groups is 1. The number of benzene rings is 1. The summed E-state index contributed by atoms with van der Waals surface area (Å²) >= 11 is 0. The Hall–Kier alpha value is -3.03. The highest BCUT2D eigenvalue weighted by atomic mass is 19.4. The van der Waals surface area contributed by atoms with E-state index in [9.17, 15) is 18.0 Å². The monoisotopic (exact) mass is 419 g/mol. The maximum atomic E-state index is 13.0. The van der Waals surface area contributed by atoms with E-state index in [1.54, 1.807) is 46.3 Å². The molecule has 0 aliphatic heterocycles. The standard InChI is InChI=1S/C22H24F3N3O2/c1-16(2)11-21(29)28(14-19-7-4-10-30-19)15-20-26-8-9-27(20)13-17-5-3-6-18(12-17)22(23,24)25/h3-10,12,16H,11,13-15H2,1-2H3. The predicted octanol–water partition coefficient (Wildman–Crippen LogP) is 5.12. The van der Waals surface area contributed by atoms with E-state index in [0.717, 1.165) is 12.1 Å². The number of hydrogen-bond acceptors (Lipinski definition) is 3. The number of aromatic nitrogens is 2. The Balaban J connectivity index is 1.79. The van der Waals surface area contributed by atoms with E-state index in [0.29, 0.717) is 30.1 Å². The van der Waals surface area contributed by atoms with Gasteiger partial charge >= 0.3 is 6.18 Å². The van der Waals surface area contributed by atoms with Crippen LogP contribution in [0, 0.1) is 5.92 Å². The van der Waals surface area contributed by atoms with Gasteiger partial charge in [-0.1, -0.05) is 26.0 Å². The van der Waals surface area contributed by atoms with Gasteiger partial charge in [-0.25, -0.2) is 4.98 Å². The van der Waals surface area contributed by atoms with Gasteiger partial charge in [0.05, 0.1) is 24.9 Å². The topological polar surface area (TPSA) is 51.3 Å². The first-order valence-corrected chi connectivity index (χ1v) is 9.68. The Kier molecular flexibility index (Phi) is 6.64. The smallest absolute Gasteiger partial charge is 0.416 e. The van der Waals surface area contributed by atoms with Crippen LogP contribution in [-0.2, 0) is 30.6 Å². The number of amides is 1. The van der Waals surface area contributed by atoms with Crippen molar-refractivity contribution < 1.29 is 22.4 Å². The Morgan fingerprint density at radius 1 is 1.20 bits per heavy atom. The molecule has 0 bridgehead atoms. The van der Waals surface area contributed by atoms with Crippen LogP contribution in [0.25, 0.3) is 0 Å². The highest BCUT2D eigenvalue weighted by Gasteiger charge is 2.30. The summed E-state index contributed by atoms with van der Waals surface area (Å²) in [5, 5.41) is 0. The minimum atomic E-state index is -4.39. The molecule has 0 radical (unpaired) electrons. The summed E-state index contributed by atoms with van der Waals surface area (Å²) in [6.45, 7) is 4.70. The minimum Gasteiger partial charge on any atom is -0.467 e. The van der Waals surface area contributed by atoms with Crippen molar-refractivity contribution in [3.63, 3.8) is 0 Å². The maximum absolute atomic E-state index is 13.0. The molecule has 1 amide bonds. The van der Waals surface area contributed by atoms with Gasteiger partial charge in [0.15, 0.2) is 0 Å². The molecule has 3 aromatic rings. The third-order valence-corrected chi connectivity index (χ3v) is 4.60. The van der Waals surface area contributed by atoms with Gasteiger partial charge in [-0.2, -0.15) is 13.2 Å². The van der Waals surface area contributed by atoms with E-state index < -0.39 is 11.7 Å². The zero-order valence-electron chi connectivity index (χ0n) is 16.9. The average Bonchev–Trinajstić information content (AvgIpc) is 3.32. The molecule has 0 spiro atoms. The molecular formula is C22H24F3N3O2. The molecule has 30 heavy (non-hydrogen) atoms. The molecule has 0 N–H and O–H groups in total. The van der Waals surface area contributed by atoms with Crippen LogP contribution < -0.4 is 0 Å². The number of carbonyl (C=O) groups excluding carboxylic acids is 1. The molecule has 160 valence electrons. The van der Waals surface area contributed by atoms with Gasteiger partial charge < -0.3 is 13.9 Å². The van der Waals surface area contributed by atoms with E-state index in [2.05, 4.69) is 4.98 Å². The molecule has 0 aliphatic carbocycles. The lowest BCUT2D eigenvalue weighted by Crippen LogP contribution is -2.32. The van der Waals surface area contributed by atoms with Crippen LogP contribution in [0.4, 0.5) is 13.2 Å². The molecular weight excluding hydrogens is 395 g/mol. The lowest BCUT2D eigenvalue weighted by Gasteiger charge is -2.23. The van der Waals surface area contributed by atoms with E-state index in [1.165, 1.54) is 6.07 Å². The number of alkyl halides is 3. The molecule has 8 heteroatoms. The molecule has 2 aromatic heterocycles. The average molecular weight is 419 g/mol. The summed E-state index contributed by atoms with van der Waals surface area (Å²) in [4.78, 5) is 18.7. The SMILES string of the molecule is CC(C)CC(=O)N(Cc1ccco1)Cc1nccn1Cc1cccc(C(F)(F)F)c1. The second kappa shape index (κ2) is 9.19. The Morgan fingerprint density at radius 2 is 2.00 bits per heavy atom. The van der Waals surface area contributed by atoms with Crippen molar-refractivity contribution in [2.24, 2.45) is 5.92 Å². The van der Waals surface area contributed by atoms with Crippen molar-refractivity contribution in [1.82, 2.24) is 14.5 Å². The van der Waals surface area contributed by atoms with Crippen molar-refractivity contribution in [3.05, 3.63) is 77.8 Å². The van der Waals surface area contributed by atoms with Crippen molar-refractivity contribution in [1.29, 1.82) is 0 Å². The lowest BCUT2D eigenvalue weighted by molar-refractivity contribution is -0.137. The fraction of sp³-hybridized carbons (Fsp3) is 0.364. The predicted molar refractivity (Wildman–Crippen MR) is 105 cm³/mol. The number of rotatable bonds is 8. The van der Waals surface area contributed by atoms with Crippen LogP contribution in [0.5, 0.6) is 0 Å². The third kappa shape index (κ3) is 5.75. The molecule has 0 unspecified atom stereocenters. The fourth-order valence-electron chi connectivity index (χ4n) is 3.15. The quantitative estimate of drug-likeness (QED) is 0.509. The van der Waals surface area contributed by atoms with Crippen LogP contribution in [0.2, 0.25) is 0 Å². The number of nitrogens with zero attached hydrogens (tertiary/aromatic N) is 3. The van der Waals surface area contributed by atoms with Crippen LogP contribution >= 0.6 is 0 Å². The molecule has 1 aromatic carbocycles. The Bertz CT molecular complexity index is 962. The fourth-order valence-corrected chi connectivity index (χ4v) is 3.15. The van der Waals surface area contributed by atoms with Crippen molar-refractivity contribution in [2.45, 2.75) is 46.1 Å². The third-order valence-electron chi connectivity index (χ3n) is 4.60. The lowest BCUT2D eigenvalue weighted by atomic mass is 10.1. The van der Waals surface area contributed by atoms with Crippen LogP contribution in [-0.4, -0.2) is 20.4 Å². The zero-order valence-corrected chi connectivity index (χ0v) is 16.9. The van der Waals surface area contributed by atoms with Crippen molar-refractivity contribution in [2.75, 3.05) is 0 Å². The highest BCUT2D eigenvalue weighted by Crippen LogP contribution is 2.29. The highest BCUT2D eigenvalue weighted by molar-refractivity contribution is 5.76. The molecule has 0 saturated carbocycles. The Labute approximate surface area is 173 Å². The van der Waals surface area contributed by atoms with E-state index >= 15 is 0 Å². The molecule has 0 saturated heterocycles. The zero-order chi connectivity index (χ0) is 21.7. The first-order chi connectivity index (χ1) is 14.2. The van der Waals surface area contributed by atoms with Gasteiger partial charge in [-0.05, 0) is 35.7 Å². The summed E-state index contributed by atoms with van der Waals surface area (Å²) < 4.78 is 46.1. The van der Waals surface area contributed by atoms with Crippen molar-refractivity contribution in [3.8, 4) is 0 Å². The van der Waals surface area contributed by atoms with Gasteiger partial charge in [0.2, 0.25) is 5.91 Å². The first-order valence-electron chi connectivity index (χ1n) is 9.68. The van der Waals surface area contributed by atoms with E-state index in [4.69, 9.17) is 4.42 Å². The molecule has 5 nitrogen and oxygen atoms in total. The summed E-state index contributed by atoms with van der Waals surface area (Å²) in [6.07, 6.45) is 0.829. The maximum Gasteiger partial charge on any atom is 0.416 e. The summed E-state index contributed by atoms with van der Waals surface area (Å²) in [5.74, 6) is 1.41. The van der Waals surface area contributed by atoms with E-state index in [1.807, 2.05) is 13.8 Å². The van der Waals surface area contributed by atoms with Crippen LogP contribution in [0.1, 0.15) is 43.0 Å². The molecule has 2 heterocycles. The minimum absolute atomic E-state index is 0.0324. The van der Waals surface area contributed by atoms with Gasteiger partial charge in [0.1, 0.15) is 11.6 Å². The Morgan fingerprint density at radius 3 is 2.67 bits per heavy atom. The molecule has 0 fully saturated rings. The molecule has 0 aliphatic rings. The number of hydrogen-bond donors (Lipinski definition) is 0. The largest absolute Gasteiger partial charge is 0.467 e. The molecule has 3 rings (SSSR count). The van der Waals surface area contributed by atoms with Gasteiger partial charge in [-0.3, -0.25) is 4.79 Å². The van der Waals surface area contributed by atoms with Crippen LogP contribution in [0.15, 0.2) is 59.5 Å². The van der Waals surface area contributed by atoms with Gasteiger partial charge in [0.25, 0.3) is 0 Å². The van der Waals surface area contributed by atoms with Gasteiger partial charge in [-0.15, -0.1) is 0 Å². The first kappa shape index (κ1) is 21.7. The summed E-state index contributed by atoms with van der Waals surface area (Å²) in [6, 6.07) is 8.77. The summed E-state index contributed by atoms with van der Waals surface area (Å²) in [5.41, 5.74) is -0.177. The number of furan rings is 1. The van der Waals surface area contributed by atoms with Crippen LogP contribution in [0.3, 0.4) is 0 Å². The summed E-state index contributed by atoms with van der Waals surface area (Å²) in [7, 11) is 0. The molecule has 0 atom stereocenters. The number of imidazole rings is 1. The normalized spacial score (nSPS) is 11.8. The van der Waals surface area contributed by atoms with Crippen molar-refractivity contribution >= 4 is 5.91 Å². The van der Waals surface area contributed by atoms with E-state index in [-0.39, 0.29) is 24.9 Å². The second-order valence-corrected chi connectivity index (χ2v) is 7.60. The number of halogens is 3. The van der Waals surface area contributed by atoms with Gasteiger partial charge in [0, 0.05) is 25.4 Å². The second-order valence-electron chi connectivity index (χ2n) is 7.60.